The molecule has 2 aromatic carbocycles. The third-order valence-corrected chi connectivity index (χ3v) is 6.37. The Kier molecular flexibility index (Phi) is 6.18. The van der Waals surface area contributed by atoms with Crippen LogP contribution in [-0.4, -0.2) is 10.7 Å². The Morgan fingerprint density at radius 3 is 2.00 bits per heavy atom. The number of hydrogen-bond acceptors (Lipinski definition) is 1. The molecular formula is C25H34NO+. The third-order valence-electron chi connectivity index (χ3n) is 6.37. The molecule has 0 amide bonds. The molecule has 144 valence electrons. The van der Waals surface area contributed by atoms with Gasteiger partial charge in [0, 0.05) is 23.0 Å². The van der Waals surface area contributed by atoms with Gasteiger partial charge >= 0.3 is 0 Å². The van der Waals surface area contributed by atoms with Crippen LogP contribution in [0.3, 0.4) is 0 Å². The molecule has 27 heavy (non-hydrogen) atoms. The Morgan fingerprint density at radius 2 is 1.52 bits per heavy atom. The molecule has 5 atom stereocenters. The zero-order valence-corrected chi connectivity index (χ0v) is 16.9. The predicted molar refractivity (Wildman–Crippen MR) is 112 cm³/mol. The van der Waals surface area contributed by atoms with Crippen LogP contribution in [0, 0.1) is 11.8 Å². The van der Waals surface area contributed by atoms with Gasteiger partial charge in [-0.2, -0.15) is 0 Å². The van der Waals surface area contributed by atoms with Gasteiger partial charge in [-0.3, -0.25) is 0 Å². The van der Waals surface area contributed by atoms with Gasteiger partial charge in [0.25, 0.3) is 0 Å². The molecule has 1 saturated heterocycles. The minimum Gasteiger partial charge on any atom is -0.388 e. The Hall–Kier alpha value is -1.90. The average molecular weight is 365 g/mol. The van der Waals surface area contributed by atoms with E-state index in [4.69, 9.17) is 0 Å². The highest BCUT2D eigenvalue weighted by Crippen LogP contribution is 2.47. The van der Waals surface area contributed by atoms with Crippen LogP contribution in [0.5, 0.6) is 0 Å². The van der Waals surface area contributed by atoms with E-state index in [1.807, 2.05) is 6.92 Å². The number of rotatable bonds is 6. The summed E-state index contributed by atoms with van der Waals surface area (Å²) in [6.45, 7) is 10.6. The third kappa shape index (κ3) is 4.02. The van der Waals surface area contributed by atoms with Gasteiger partial charge in [0.15, 0.2) is 0 Å². The molecular weight excluding hydrogens is 330 g/mol. The second kappa shape index (κ2) is 8.41. The summed E-state index contributed by atoms with van der Waals surface area (Å²) < 4.78 is 0. The molecule has 1 aliphatic heterocycles. The van der Waals surface area contributed by atoms with Gasteiger partial charge in [0.1, 0.15) is 12.1 Å². The minimum absolute atomic E-state index is 0.146. The van der Waals surface area contributed by atoms with Crippen molar-refractivity contribution in [1.82, 2.24) is 0 Å². The van der Waals surface area contributed by atoms with Gasteiger partial charge < -0.3 is 10.4 Å². The van der Waals surface area contributed by atoms with Crippen molar-refractivity contribution in [3.05, 3.63) is 83.9 Å². The van der Waals surface area contributed by atoms with Crippen LogP contribution in [-0.2, 0) is 0 Å². The first kappa shape index (κ1) is 19.9. The molecule has 0 aromatic heterocycles. The number of nitrogens with two attached hydrogens (primary N) is 1. The van der Waals surface area contributed by atoms with E-state index in [2.05, 4.69) is 86.4 Å². The largest absolute Gasteiger partial charge is 0.388 e. The zero-order valence-electron chi connectivity index (χ0n) is 16.9. The van der Waals surface area contributed by atoms with Crippen LogP contribution in [0.4, 0.5) is 0 Å². The molecule has 0 spiro atoms. The van der Waals surface area contributed by atoms with Crippen LogP contribution >= 0.6 is 0 Å². The molecule has 0 radical (unpaired) electrons. The van der Waals surface area contributed by atoms with E-state index in [9.17, 15) is 5.11 Å². The SMILES string of the molecule is C=C(C)C[C@@]1(O)[C@@H](C)[C@@H](c2ccccc2)[NH2+][C@H](c2ccccc2)[C@@H]1CCC. The first-order valence-corrected chi connectivity index (χ1v) is 10.3. The van der Waals surface area contributed by atoms with Crippen molar-refractivity contribution in [1.29, 1.82) is 0 Å². The van der Waals surface area contributed by atoms with Crippen LogP contribution in [0.2, 0.25) is 0 Å². The normalized spacial score (nSPS) is 30.8. The topological polar surface area (TPSA) is 36.8 Å². The van der Waals surface area contributed by atoms with Gasteiger partial charge in [-0.15, -0.1) is 6.58 Å². The maximum atomic E-state index is 12.1. The number of piperidine rings is 1. The van der Waals surface area contributed by atoms with E-state index < -0.39 is 5.60 Å². The molecule has 0 saturated carbocycles. The standard InChI is InChI=1S/C25H33NO/c1-5-12-22-24(21-15-10-7-11-16-21)26-23(20-13-8-6-9-14-20)19(4)25(22,27)17-18(2)3/h6-11,13-16,19,22-24,26-27H,2,5,12,17H2,1,3-4H3/p+1/t19-,22-,23-,24+,25+/m0/s1. The Balaban J connectivity index is 2.09. The van der Waals surface area contributed by atoms with E-state index in [1.54, 1.807) is 0 Å². The summed E-state index contributed by atoms with van der Waals surface area (Å²) >= 11 is 0. The molecule has 1 heterocycles. The van der Waals surface area contributed by atoms with E-state index in [0.717, 1.165) is 18.4 Å². The van der Waals surface area contributed by atoms with Crippen molar-refractivity contribution in [2.24, 2.45) is 11.8 Å². The van der Waals surface area contributed by atoms with E-state index in [0.29, 0.717) is 6.42 Å². The molecule has 0 aliphatic carbocycles. The summed E-state index contributed by atoms with van der Waals surface area (Å²) in [5.41, 5.74) is 2.91. The molecule has 1 fully saturated rings. The smallest absolute Gasteiger partial charge is 0.118 e. The highest BCUT2D eigenvalue weighted by Gasteiger charge is 2.55. The summed E-state index contributed by atoms with van der Waals surface area (Å²) in [5, 5.41) is 14.6. The van der Waals surface area contributed by atoms with Crippen molar-refractivity contribution < 1.29 is 10.4 Å². The lowest BCUT2D eigenvalue weighted by Gasteiger charge is -2.51. The number of quaternary nitrogens is 1. The lowest BCUT2D eigenvalue weighted by Crippen LogP contribution is -2.93. The van der Waals surface area contributed by atoms with Gasteiger partial charge in [-0.1, -0.05) is 86.5 Å². The lowest BCUT2D eigenvalue weighted by molar-refractivity contribution is -0.764. The fourth-order valence-corrected chi connectivity index (χ4v) is 5.09. The lowest BCUT2D eigenvalue weighted by atomic mass is 9.62. The van der Waals surface area contributed by atoms with Gasteiger partial charge in [0.2, 0.25) is 0 Å². The summed E-state index contributed by atoms with van der Waals surface area (Å²) in [6.07, 6.45) is 2.76. The van der Waals surface area contributed by atoms with Crippen LogP contribution in [0.25, 0.3) is 0 Å². The highest BCUT2D eigenvalue weighted by atomic mass is 16.3. The second-order valence-corrected chi connectivity index (χ2v) is 8.37. The Morgan fingerprint density at radius 1 is 1.00 bits per heavy atom. The summed E-state index contributed by atoms with van der Waals surface area (Å²) in [5.74, 6) is 0.352. The summed E-state index contributed by atoms with van der Waals surface area (Å²) in [6, 6.07) is 21.8. The molecule has 3 rings (SSSR count). The van der Waals surface area contributed by atoms with Crippen molar-refractivity contribution >= 4 is 0 Å². The summed E-state index contributed by atoms with van der Waals surface area (Å²) in [4.78, 5) is 0. The molecule has 0 unspecified atom stereocenters. The van der Waals surface area contributed by atoms with Crippen molar-refractivity contribution in [3.8, 4) is 0 Å². The maximum Gasteiger partial charge on any atom is 0.118 e. The summed E-state index contributed by atoms with van der Waals surface area (Å²) in [7, 11) is 0. The number of aliphatic hydroxyl groups is 1. The first-order valence-electron chi connectivity index (χ1n) is 10.3. The molecule has 1 aliphatic rings. The van der Waals surface area contributed by atoms with Gasteiger partial charge in [-0.25, -0.2) is 0 Å². The van der Waals surface area contributed by atoms with E-state index in [1.165, 1.54) is 11.1 Å². The fourth-order valence-electron chi connectivity index (χ4n) is 5.09. The first-order chi connectivity index (χ1) is 13.0. The van der Waals surface area contributed by atoms with Crippen LogP contribution in [0.1, 0.15) is 63.2 Å². The van der Waals surface area contributed by atoms with Crippen molar-refractivity contribution in [2.75, 3.05) is 0 Å². The van der Waals surface area contributed by atoms with Gasteiger partial charge in [0.05, 0.1) is 5.60 Å². The Bertz CT molecular complexity index is 741. The van der Waals surface area contributed by atoms with Gasteiger partial charge in [-0.05, 0) is 19.8 Å². The molecule has 2 nitrogen and oxygen atoms in total. The zero-order chi connectivity index (χ0) is 19.4. The number of hydrogen-bond donors (Lipinski definition) is 2. The fraction of sp³-hybridized carbons (Fsp3) is 0.440. The van der Waals surface area contributed by atoms with Crippen molar-refractivity contribution in [3.63, 3.8) is 0 Å². The predicted octanol–water partition coefficient (Wildman–Crippen LogP) is 4.80. The quantitative estimate of drug-likeness (QED) is 0.710. The number of benzene rings is 2. The molecule has 2 aromatic rings. The Labute approximate surface area is 164 Å². The highest BCUT2D eigenvalue weighted by molar-refractivity contribution is 5.24. The second-order valence-electron chi connectivity index (χ2n) is 8.37. The monoisotopic (exact) mass is 364 g/mol. The van der Waals surface area contributed by atoms with Crippen LogP contribution in [0.15, 0.2) is 72.8 Å². The van der Waals surface area contributed by atoms with E-state index >= 15 is 0 Å². The molecule has 3 N–H and O–H groups in total. The minimum atomic E-state index is -0.752. The van der Waals surface area contributed by atoms with Crippen molar-refractivity contribution in [2.45, 2.75) is 57.7 Å². The maximum absolute atomic E-state index is 12.1. The van der Waals surface area contributed by atoms with Crippen LogP contribution < -0.4 is 5.32 Å². The average Bonchev–Trinajstić information content (AvgIpc) is 2.67. The molecule has 0 bridgehead atoms. The molecule has 2 heteroatoms. The van der Waals surface area contributed by atoms with E-state index in [-0.39, 0.29) is 23.9 Å².